The predicted molar refractivity (Wildman–Crippen MR) is 88.0 cm³/mol. The third-order valence-corrected chi connectivity index (χ3v) is 3.98. The van der Waals surface area contributed by atoms with E-state index in [1.54, 1.807) is 12.1 Å². The highest BCUT2D eigenvalue weighted by atomic mass is 79.9. The number of hydrogen-bond acceptors (Lipinski definition) is 1. The van der Waals surface area contributed by atoms with Crippen LogP contribution in [0.15, 0.2) is 53.0 Å². The second-order valence-electron chi connectivity index (χ2n) is 4.31. The minimum atomic E-state index is -0.188. The number of carbonyl (C=O) groups is 1. The summed E-state index contributed by atoms with van der Waals surface area (Å²) >= 11 is 9.44. The predicted octanol–water partition coefficient (Wildman–Crippen LogP) is 5.06. The molecule has 1 N–H and O–H groups in total. The molecule has 0 aliphatic rings. The minimum Gasteiger partial charge on any atom is -0.323 e. The summed E-state index contributed by atoms with van der Waals surface area (Å²) in [5.74, 6) is -0.188. The molecule has 2 aromatic rings. The minimum absolute atomic E-state index is 0.188. The first-order valence-electron chi connectivity index (χ1n) is 6.06. The molecule has 0 aliphatic heterocycles. The molecular weight excluding hydrogens is 338 g/mol. The number of carbonyl (C=O) groups excluding carboxylic acids is 1. The Balaban J connectivity index is 2.06. The smallest absolute Gasteiger partial charge is 0.248 e. The summed E-state index contributed by atoms with van der Waals surface area (Å²) in [4.78, 5) is 11.8. The lowest BCUT2D eigenvalue weighted by Crippen LogP contribution is -2.07. The van der Waals surface area contributed by atoms with Gasteiger partial charge in [-0.1, -0.05) is 45.7 Å². The highest BCUT2D eigenvalue weighted by molar-refractivity contribution is 9.10. The molecule has 2 aromatic carbocycles. The van der Waals surface area contributed by atoms with Crippen molar-refractivity contribution in [3.05, 3.63) is 69.2 Å². The van der Waals surface area contributed by atoms with Gasteiger partial charge in [-0.25, -0.2) is 0 Å². The Kier molecular flexibility index (Phi) is 4.99. The van der Waals surface area contributed by atoms with Crippen LogP contribution in [0.5, 0.6) is 0 Å². The average molecular weight is 351 g/mol. The zero-order valence-corrected chi connectivity index (χ0v) is 13.2. The summed E-state index contributed by atoms with van der Waals surface area (Å²) in [6.07, 6.45) is 3.17. The number of aryl methyl sites for hydroxylation is 1. The molecule has 20 heavy (non-hydrogen) atoms. The number of anilines is 1. The van der Waals surface area contributed by atoms with Crippen molar-refractivity contribution in [1.29, 1.82) is 0 Å². The standard InChI is InChI=1S/C16H13BrClNO/c1-11-10-13(7-8-14(11)17)19-16(20)9-6-12-4-2-3-5-15(12)18/h2-10H,1H3,(H,19,20)/b9-6+. The van der Waals surface area contributed by atoms with Gasteiger partial charge >= 0.3 is 0 Å². The Morgan fingerprint density at radius 3 is 2.70 bits per heavy atom. The second-order valence-corrected chi connectivity index (χ2v) is 5.57. The van der Waals surface area contributed by atoms with Gasteiger partial charge in [-0.2, -0.15) is 0 Å². The van der Waals surface area contributed by atoms with Crippen molar-refractivity contribution in [1.82, 2.24) is 0 Å². The van der Waals surface area contributed by atoms with Crippen molar-refractivity contribution in [2.24, 2.45) is 0 Å². The lowest BCUT2D eigenvalue weighted by atomic mass is 10.2. The Labute approximate surface area is 131 Å². The van der Waals surface area contributed by atoms with Gasteiger partial charge in [-0.05, 0) is 48.4 Å². The Bertz CT molecular complexity index is 667. The Hall–Kier alpha value is -1.58. The van der Waals surface area contributed by atoms with Crippen molar-refractivity contribution < 1.29 is 4.79 Å². The van der Waals surface area contributed by atoms with E-state index in [4.69, 9.17) is 11.6 Å². The Morgan fingerprint density at radius 2 is 2.00 bits per heavy atom. The van der Waals surface area contributed by atoms with E-state index in [9.17, 15) is 4.79 Å². The topological polar surface area (TPSA) is 29.1 Å². The SMILES string of the molecule is Cc1cc(NC(=O)/C=C/c2ccccc2Cl)ccc1Br. The number of benzene rings is 2. The molecule has 0 aliphatic carbocycles. The molecule has 0 saturated carbocycles. The molecule has 0 aromatic heterocycles. The van der Waals surface area contributed by atoms with E-state index >= 15 is 0 Å². The second kappa shape index (κ2) is 6.73. The highest BCUT2D eigenvalue weighted by Crippen LogP contribution is 2.20. The number of hydrogen-bond donors (Lipinski definition) is 1. The number of rotatable bonds is 3. The summed E-state index contributed by atoms with van der Waals surface area (Å²) in [5.41, 5.74) is 2.65. The first-order valence-corrected chi connectivity index (χ1v) is 7.23. The van der Waals surface area contributed by atoms with E-state index in [2.05, 4.69) is 21.2 Å². The van der Waals surface area contributed by atoms with Crippen molar-refractivity contribution in [2.75, 3.05) is 5.32 Å². The van der Waals surface area contributed by atoms with E-state index in [1.165, 1.54) is 6.08 Å². The van der Waals surface area contributed by atoms with Crippen LogP contribution < -0.4 is 5.32 Å². The molecule has 0 unspecified atom stereocenters. The first kappa shape index (κ1) is 14.8. The molecule has 0 heterocycles. The summed E-state index contributed by atoms with van der Waals surface area (Å²) in [6, 6.07) is 13.0. The quantitative estimate of drug-likeness (QED) is 0.770. The number of halogens is 2. The van der Waals surface area contributed by atoms with Gasteiger partial charge in [0.05, 0.1) is 0 Å². The zero-order valence-electron chi connectivity index (χ0n) is 10.9. The normalized spacial score (nSPS) is 10.8. The van der Waals surface area contributed by atoms with Gasteiger partial charge in [-0.3, -0.25) is 4.79 Å². The van der Waals surface area contributed by atoms with Gasteiger partial charge in [0.15, 0.2) is 0 Å². The molecule has 2 nitrogen and oxygen atoms in total. The lowest BCUT2D eigenvalue weighted by molar-refractivity contribution is -0.111. The fraction of sp³-hybridized carbons (Fsp3) is 0.0625. The molecule has 0 atom stereocenters. The van der Waals surface area contributed by atoms with Crippen LogP contribution >= 0.6 is 27.5 Å². The van der Waals surface area contributed by atoms with Crippen LogP contribution in [0, 0.1) is 6.92 Å². The van der Waals surface area contributed by atoms with Crippen LogP contribution in [0.4, 0.5) is 5.69 Å². The van der Waals surface area contributed by atoms with E-state index in [1.807, 2.05) is 43.3 Å². The summed E-state index contributed by atoms with van der Waals surface area (Å²) in [7, 11) is 0. The third kappa shape index (κ3) is 3.95. The van der Waals surface area contributed by atoms with Crippen molar-refractivity contribution in [2.45, 2.75) is 6.92 Å². The summed E-state index contributed by atoms with van der Waals surface area (Å²) < 4.78 is 1.02. The Morgan fingerprint density at radius 1 is 1.25 bits per heavy atom. The van der Waals surface area contributed by atoms with Gasteiger partial charge in [-0.15, -0.1) is 0 Å². The van der Waals surface area contributed by atoms with Crippen molar-refractivity contribution >= 4 is 45.2 Å². The van der Waals surface area contributed by atoms with Crippen LogP contribution in [0.2, 0.25) is 5.02 Å². The van der Waals surface area contributed by atoms with Crippen molar-refractivity contribution in [3.8, 4) is 0 Å². The maximum Gasteiger partial charge on any atom is 0.248 e. The van der Waals surface area contributed by atoms with E-state index in [-0.39, 0.29) is 5.91 Å². The largest absolute Gasteiger partial charge is 0.323 e. The molecule has 0 spiro atoms. The maximum atomic E-state index is 11.8. The van der Waals surface area contributed by atoms with Gasteiger partial charge in [0.1, 0.15) is 0 Å². The molecule has 0 bridgehead atoms. The molecule has 1 amide bonds. The molecule has 0 saturated heterocycles. The first-order chi connectivity index (χ1) is 9.56. The van der Waals surface area contributed by atoms with Crippen LogP contribution in [0.3, 0.4) is 0 Å². The number of nitrogens with one attached hydrogen (secondary N) is 1. The van der Waals surface area contributed by atoms with Gasteiger partial charge in [0.2, 0.25) is 5.91 Å². The zero-order chi connectivity index (χ0) is 14.5. The average Bonchev–Trinajstić information content (AvgIpc) is 2.42. The number of amides is 1. The molecule has 0 radical (unpaired) electrons. The fourth-order valence-corrected chi connectivity index (χ4v) is 2.13. The summed E-state index contributed by atoms with van der Waals surface area (Å²) in [5, 5.41) is 3.43. The van der Waals surface area contributed by atoms with Crippen LogP contribution in [0.25, 0.3) is 6.08 Å². The third-order valence-electron chi connectivity index (χ3n) is 2.74. The van der Waals surface area contributed by atoms with Crippen LogP contribution in [-0.4, -0.2) is 5.91 Å². The molecule has 2 rings (SSSR count). The monoisotopic (exact) mass is 349 g/mol. The van der Waals surface area contributed by atoms with E-state index in [0.29, 0.717) is 5.02 Å². The van der Waals surface area contributed by atoms with E-state index < -0.39 is 0 Å². The molecule has 4 heteroatoms. The molecule has 0 fully saturated rings. The van der Waals surface area contributed by atoms with Crippen LogP contribution in [0.1, 0.15) is 11.1 Å². The maximum absolute atomic E-state index is 11.8. The lowest BCUT2D eigenvalue weighted by Gasteiger charge is -2.04. The molecule has 102 valence electrons. The van der Waals surface area contributed by atoms with Gasteiger partial charge in [0, 0.05) is 21.3 Å². The van der Waals surface area contributed by atoms with Crippen molar-refractivity contribution in [3.63, 3.8) is 0 Å². The fourth-order valence-electron chi connectivity index (χ4n) is 1.68. The molecular formula is C16H13BrClNO. The summed E-state index contributed by atoms with van der Waals surface area (Å²) in [6.45, 7) is 1.97. The highest BCUT2D eigenvalue weighted by Gasteiger charge is 2.01. The van der Waals surface area contributed by atoms with Gasteiger partial charge in [0.25, 0.3) is 0 Å². The van der Waals surface area contributed by atoms with E-state index in [0.717, 1.165) is 21.3 Å². The van der Waals surface area contributed by atoms with Crippen LogP contribution in [-0.2, 0) is 4.79 Å². The van der Waals surface area contributed by atoms with Gasteiger partial charge < -0.3 is 5.32 Å².